The minimum Gasteiger partial charge on any atom is -0.467 e. The summed E-state index contributed by atoms with van der Waals surface area (Å²) in [5, 5.41) is 13.2. The maximum Gasteiger partial charge on any atom is 0.251 e. The zero-order chi connectivity index (χ0) is 16.9. The van der Waals surface area contributed by atoms with Crippen molar-refractivity contribution in [3.8, 4) is 5.75 Å². The van der Waals surface area contributed by atoms with E-state index >= 15 is 0 Å². The van der Waals surface area contributed by atoms with Crippen LogP contribution in [0, 0.1) is 0 Å². The van der Waals surface area contributed by atoms with Crippen molar-refractivity contribution < 1.29 is 19.4 Å². The fourth-order valence-corrected chi connectivity index (χ4v) is 2.65. The van der Waals surface area contributed by atoms with Crippen molar-refractivity contribution in [1.82, 2.24) is 5.32 Å². The third-order valence-corrected chi connectivity index (χ3v) is 4.10. The van der Waals surface area contributed by atoms with Gasteiger partial charge in [0, 0.05) is 17.5 Å². The van der Waals surface area contributed by atoms with Crippen LogP contribution in [0.15, 0.2) is 48.5 Å². The molecule has 24 heavy (non-hydrogen) atoms. The van der Waals surface area contributed by atoms with E-state index in [1.807, 2.05) is 30.3 Å². The number of carbonyl (C=O) groups is 1. The van der Waals surface area contributed by atoms with E-state index in [0.717, 1.165) is 16.9 Å². The second-order valence-corrected chi connectivity index (χ2v) is 5.95. The number of nitrogens with one attached hydrogen (secondary N) is 1. The first-order valence-electron chi connectivity index (χ1n) is 8.00. The average Bonchev–Trinajstić information content (AvgIpc) is 2.62. The van der Waals surface area contributed by atoms with Crippen LogP contribution < -0.4 is 10.1 Å². The van der Waals surface area contributed by atoms with Crippen molar-refractivity contribution in [2.75, 3.05) is 6.79 Å². The van der Waals surface area contributed by atoms with Crippen molar-refractivity contribution in [3.05, 3.63) is 65.2 Å². The molecule has 2 aromatic rings. The normalized spacial score (nSPS) is 15.8. The van der Waals surface area contributed by atoms with Gasteiger partial charge in [-0.15, -0.1) is 0 Å². The predicted molar refractivity (Wildman–Crippen MR) is 89.8 cm³/mol. The molecule has 1 aliphatic heterocycles. The Bertz CT molecular complexity index is 702. The molecule has 2 atom stereocenters. The summed E-state index contributed by atoms with van der Waals surface area (Å²) in [4.78, 5) is 12.4. The third-order valence-electron chi connectivity index (χ3n) is 4.10. The summed E-state index contributed by atoms with van der Waals surface area (Å²) in [6, 6.07) is 14.6. The number of hydrogen-bond acceptors (Lipinski definition) is 4. The zero-order valence-electron chi connectivity index (χ0n) is 13.6. The van der Waals surface area contributed by atoms with Crippen molar-refractivity contribution in [3.63, 3.8) is 0 Å². The lowest BCUT2D eigenvalue weighted by Crippen LogP contribution is -2.42. The van der Waals surface area contributed by atoms with E-state index in [1.54, 1.807) is 25.1 Å². The summed E-state index contributed by atoms with van der Waals surface area (Å²) in [6.07, 6.45) is -0.158. The van der Waals surface area contributed by atoms with Gasteiger partial charge in [0.15, 0.2) is 6.79 Å². The number of hydrogen-bond donors (Lipinski definition) is 2. The first kappa shape index (κ1) is 16.5. The molecule has 0 bridgehead atoms. The van der Waals surface area contributed by atoms with Crippen LogP contribution in [0.5, 0.6) is 5.75 Å². The van der Waals surface area contributed by atoms with Crippen LogP contribution in [0.1, 0.15) is 28.4 Å². The Hall–Kier alpha value is -2.37. The Balaban J connectivity index is 1.61. The lowest BCUT2D eigenvalue weighted by molar-refractivity contribution is -0.0163. The molecule has 0 spiro atoms. The molecule has 0 aliphatic carbocycles. The van der Waals surface area contributed by atoms with Crippen molar-refractivity contribution >= 4 is 5.91 Å². The molecular formula is C19H21NO4. The summed E-state index contributed by atoms with van der Waals surface area (Å²) in [6.45, 7) is 2.47. The van der Waals surface area contributed by atoms with Gasteiger partial charge in [0.05, 0.1) is 18.8 Å². The van der Waals surface area contributed by atoms with Crippen LogP contribution in [-0.4, -0.2) is 30.0 Å². The van der Waals surface area contributed by atoms with Crippen molar-refractivity contribution in [2.45, 2.75) is 32.1 Å². The largest absolute Gasteiger partial charge is 0.467 e. The lowest BCUT2D eigenvalue weighted by atomic mass is 10.0. The molecule has 1 aliphatic rings. The summed E-state index contributed by atoms with van der Waals surface area (Å²) in [7, 11) is 0. The first-order valence-corrected chi connectivity index (χ1v) is 8.00. The van der Waals surface area contributed by atoms with Gasteiger partial charge in [0.1, 0.15) is 5.75 Å². The second-order valence-electron chi connectivity index (χ2n) is 5.95. The predicted octanol–water partition coefficient (Wildman–Crippen LogP) is 2.28. The molecule has 0 radical (unpaired) electrons. The molecule has 2 N–H and O–H groups in total. The average molecular weight is 327 g/mol. The molecule has 1 amide bonds. The smallest absolute Gasteiger partial charge is 0.251 e. The Morgan fingerprint density at radius 1 is 1.25 bits per heavy atom. The molecule has 126 valence electrons. The fourth-order valence-electron chi connectivity index (χ4n) is 2.65. The Morgan fingerprint density at radius 2 is 2.04 bits per heavy atom. The highest BCUT2D eigenvalue weighted by atomic mass is 16.7. The minimum atomic E-state index is -0.652. The van der Waals surface area contributed by atoms with Gasteiger partial charge in [-0.1, -0.05) is 30.3 Å². The van der Waals surface area contributed by atoms with E-state index in [4.69, 9.17) is 9.47 Å². The summed E-state index contributed by atoms with van der Waals surface area (Å²) in [5.41, 5.74) is 2.42. The van der Waals surface area contributed by atoms with Gasteiger partial charge in [-0.3, -0.25) is 4.79 Å². The second kappa shape index (κ2) is 7.47. The number of carbonyl (C=O) groups excluding carboxylic acids is 1. The maximum absolute atomic E-state index is 12.4. The number of amides is 1. The van der Waals surface area contributed by atoms with Gasteiger partial charge in [-0.2, -0.15) is 0 Å². The highest BCUT2D eigenvalue weighted by Crippen LogP contribution is 2.24. The topological polar surface area (TPSA) is 67.8 Å². The number of fused-ring (bicyclic) bond motifs is 1. The lowest BCUT2D eigenvalue weighted by Gasteiger charge is -2.21. The molecule has 0 fully saturated rings. The molecule has 0 aromatic heterocycles. The molecule has 5 nitrogen and oxygen atoms in total. The van der Waals surface area contributed by atoms with Crippen molar-refractivity contribution in [2.24, 2.45) is 0 Å². The molecule has 2 aromatic carbocycles. The van der Waals surface area contributed by atoms with Crippen LogP contribution in [0.4, 0.5) is 0 Å². The van der Waals surface area contributed by atoms with Gasteiger partial charge in [0.25, 0.3) is 5.91 Å². The van der Waals surface area contributed by atoms with E-state index < -0.39 is 6.10 Å². The molecule has 3 rings (SSSR count). The van der Waals surface area contributed by atoms with Crippen LogP contribution in [-0.2, 0) is 17.8 Å². The summed E-state index contributed by atoms with van der Waals surface area (Å²) in [5.74, 6) is 0.526. The number of benzene rings is 2. The highest BCUT2D eigenvalue weighted by Gasteiger charge is 2.19. The van der Waals surface area contributed by atoms with Gasteiger partial charge < -0.3 is 19.9 Å². The van der Waals surface area contributed by atoms with Gasteiger partial charge >= 0.3 is 0 Å². The van der Waals surface area contributed by atoms with E-state index in [0.29, 0.717) is 18.6 Å². The number of ether oxygens (including phenoxy) is 2. The first-order chi connectivity index (χ1) is 11.6. The van der Waals surface area contributed by atoms with Crippen molar-refractivity contribution in [1.29, 1.82) is 0 Å². The monoisotopic (exact) mass is 327 g/mol. The van der Waals surface area contributed by atoms with Crippen LogP contribution in [0.2, 0.25) is 0 Å². The standard InChI is InChI=1S/C19H21NO4/c1-13(17(21)9-14-5-3-2-4-6-14)20-19(22)15-7-8-18-16(10-15)11-23-12-24-18/h2-8,10,13,17,21H,9,11-12H2,1H3,(H,20,22). The fraction of sp³-hybridized carbons (Fsp3) is 0.316. The zero-order valence-corrected chi connectivity index (χ0v) is 13.6. The number of aliphatic hydroxyl groups is 1. The molecule has 2 unspecified atom stereocenters. The Kier molecular flexibility index (Phi) is 5.13. The quantitative estimate of drug-likeness (QED) is 0.884. The van der Waals surface area contributed by atoms with E-state index in [9.17, 15) is 9.90 Å². The van der Waals surface area contributed by atoms with Gasteiger partial charge in [-0.05, 0) is 30.7 Å². The van der Waals surface area contributed by atoms with Crippen LogP contribution in [0.25, 0.3) is 0 Å². The Labute approximate surface area is 141 Å². The van der Waals surface area contributed by atoms with E-state index in [1.165, 1.54) is 0 Å². The SMILES string of the molecule is CC(NC(=O)c1ccc2c(c1)COCO2)C(O)Cc1ccccc1. The van der Waals surface area contributed by atoms with Gasteiger partial charge in [0.2, 0.25) is 0 Å². The number of aliphatic hydroxyl groups excluding tert-OH is 1. The number of rotatable bonds is 5. The molecular weight excluding hydrogens is 306 g/mol. The molecule has 0 saturated carbocycles. The summed E-state index contributed by atoms with van der Waals surface area (Å²) < 4.78 is 10.6. The van der Waals surface area contributed by atoms with Crippen LogP contribution >= 0.6 is 0 Å². The molecule has 5 heteroatoms. The molecule has 1 heterocycles. The Morgan fingerprint density at radius 3 is 2.83 bits per heavy atom. The minimum absolute atomic E-state index is 0.219. The van der Waals surface area contributed by atoms with Crippen LogP contribution in [0.3, 0.4) is 0 Å². The summed E-state index contributed by atoms with van der Waals surface area (Å²) >= 11 is 0. The maximum atomic E-state index is 12.4. The van der Waals surface area contributed by atoms with E-state index in [-0.39, 0.29) is 18.7 Å². The highest BCUT2D eigenvalue weighted by molar-refractivity contribution is 5.94. The third kappa shape index (κ3) is 3.93. The molecule has 0 saturated heterocycles. The van der Waals surface area contributed by atoms with E-state index in [2.05, 4.69) is 5.32 Å². The van der Waals surface area contributed by atoms with Gasteiger partial charge in [-0.25, -0.2) is 0 Å².